The van der Waals surface area contributed by atoms with E-state index in [0.717, 1.165) is 31.4 Å². The molecule has 0 fully saturated rings. The number of carbonyl (C=O) groups excluding carboxylic acids is 1. The molecule has 1 amide bonds. The zero-order valence-electron chi connectivity index (χ0n) is 19.6. The van der Waals surface area contributed by atoms with Gasteiger partial charge in [0.15, 0.2) is 11.5 Å². The Hall–Kier alpha value is -3.69. The lowest BCUT2D eigenvalue weighted by Gasteiger charge is -2.09. The first-order chi connectivity index (χ1) is 17.1. The van der Waals surface area contributed by atoms with E-state index in [9.17, 15) is 20.3 Å². The number of phenols is 2. The van der Waals surface area contributed by atoms with Crippen molar-refractivity contribution in [3.63, 3.8) is 0 Å². The Balaban J connectivity index is 1.52. The summed E-state index contributed by atoms with van der Waals surface area (Å²) >= 11 is 1.64. The Labute approximate surface area is 211 Å². The zero-order chi connectivity index (χ0) is 24.9. The van der Waals surface area contributed by atoms with E-state index in [2.05, 4.69) is 29.6 Å². The van der Waals surface area contributed by atoms with Crippen molar-refractivity contribution in [2.75, 3.05) is 12.3 Å². The number of aromatic hydroxyl groups is 2. The molecular formula is C29H30N2O3S. The van der Waals surface area contributed by atoms with Crippen LogP contribution >= 0.6 is 11.8 Å². The number of thioether (sulfide) groups is 1. The number of hydrogen-bond donors (Lipinski definition) is 3. The molecule has 0 aromatic heterocycles. The van der Waals surface area contributed by atoms with E-state index in [-0.39, 0.29) is 17.1 Å². The standard InChI is InChI=1S/C29H30N2O3S/c30-20-25(29(34)31-15-8-7-13-22-9-3-1-4-10-22)17-24-18-26(28(33)27(32)19-24)21-35-16-14-23-11-5-2-6-12-23/h1-6,9-12,17-19,32-33H,7-8,13-16,21H2,(H,31,34)/b25-17-. The topological polar surface area (TPSA) is 93.3 Å². The summed E-state index contributed by atoms with van der Waals surface area (Å²) in [5.41, 5.74) is 3.52. The number of nitriles is 1. The lowest BCUT2D eigenvalue weighted by molar-refractivity contribution is -0.117. The molecule has 3 aromatic carbocycles. The number of unbranched alkanes of at least 4 members (excludes halogenated alkanes) is 1. The van der Waals surface area contributed by atoms with Gasteiger partial charge in [-0.2, -0.15) is 17.0 Å². The van der Waals surface area contributed by atoms with Crippen LogP contribution in [0, 0.1) is 11.3 Å². The molecule has 3 aromatic rings. The number of benzene rings is 3. The van der Waals surface area contributed by atoms with Gasteiger partial charge in [0.05, 0.1) is 0 Å². The molecule has 0 spiro atoms. The molecule has 0 aliphatic carbocycles. The van der Waals surface area contributed by atoms with Crippen LogP contribution in [-0.4, -0.2) is 28.4 Å². The molecule has 0 radical (unpaired) electrons. The van der Waals surface area contributed by atoms with Crippen molar-refractivity contribution >= 4 is 23.7 Å². The van der Waals surface area contributed by atoms with Crippen molar-refractivity contribution in [2.45, 2.75) is 31.4 Å². The highest BCUT2D eigenvalue weighted by molar-refractivity contribution is 7.98. The highest BCUT2D eigenvalue weighted by Crippen LogP contribution is 2.33. The monoisotopic (exact) mass is 486 g/mol. The van der Waals surface area contributed by atoms with Gasteiger partial charge in [-0.1, -0.05) is 60.7 Å². The lowest BCUT2D eigenvalue weighted by Crippen LogP contribution is -2.25. The van der Waals surface area contributed by atoms with Crippen LogP contribution in [0.15, 0.2) is 78.4 Å². The molecule has 0 aliphatic rings. The highest BCUT2D eigenvalue weighted by atomic mass is 32.2. The van der Waals surface area contributed by atoms with Crippen molar-refractivity contribution in [2.24, 2.45) is 0 Å². The summed E-state index contributed by atoms with van der Waals surface area (Å²) < 4.78 is 0. The van der Waals surface area contributed by atoms with Crippen LogP contribution in [0.3, 0.4) is 0 Å². The summed E-state index contributed by atoms with van der Waals surface area (Å²) in [6.07, 6.45) is 5.03. The molecule has 3 rings (SSSR count). The Morgan fingerprint density at radius 2 is 1.60 bits per heavy atom. The van der Waals surface area contributed by atoms with Gasteiger partial charge in [-0.3, -0.25) is 4.79 Å². The molecule has 5 nitrogen and oxygen atoms in total. The molecule has 0 atom stereocenters. The van der Waals surface area contributed by atoms with Gasteiger partial charge >= 0.3 is 0 Å². The van der Waals surface area contributed by atoms with Gasteiger partial charge in [0.1, 0.15) is 11.6 Å². The quantitative estimate of drug-likeness (QED) is 0.134. The second kappa shape index (κ2) is 13.9. The Morgan fingerprint density at radius 1 is 0.943 bits per heavy atom. The number of phenolic OH excluding ortho intramolecular Hbond substituents is 2. The minimum absolute atomic E-state index is 0.0409. The molecule has 180 valence electrons. The summed E-state index contributed by atoms with van der Waals surface area (Å²) in [4.78, 5) is 12.5. The number of nitrogens with zero attached hydrogens (tertiary/aromatic N) is 1. The predicted octanol–water partition coefficient (Wildman–Crippen LogP) is 5.62. The Kier molecular flexibility index (Phi) is 10.3. The van der Waals surface area contributed by atoms with Crippen molar-refractivity contribution in [3.05, 3.63) is 101 Å². The van der Waals surface area contributed by atoms with Crippen LogP contribution in [0.25, 0.3) is 6.08 Å². The smallest absolute Gasteiger partial charge is 0.261 e. The van der Waals surface area contributed by atoms with Crippen LogP contribution in [0.2, 0.25) is 0 Å². The first-order valence-corrected chi connectivity index (χ1v) is 12.8. The van der Waals surface area contributed by atoms with Gasteiger partial charge in [-0.25, -0.2) is 0 Å². The van der Waals surface area contributed by atoms with Gasteiger partial charge in [-0.05, 0) is 66.3 Å². The van der Waals surface area contributed by atoms with Gasteiger partial charge in [0.25, 0.3) is 5.91 Å². The summed E-state index contributed by atoms with van der Waals surface area (Å²) in [6.45, 7) is 0.481. The van der Waals surface area contributed by atoms with E-state index >= 15 is 0 Å². The average molecular weight is 487 g/mol. The van der Waals surface area contributed by atoms with Gasteiger partial charge in [-0.15, -0.1) is 0 Å². The van der Waals surface area contributed by atoms with E-state index in [1.807, 2.05) is 42.5 Å². The first-order valence-electron chi connectivity index (χ1n) is 11.7. The molecule has 35 heavy (non-hydrogen) atoms. The van der Waals surface area contributed by atoms with Crippen LogP contribution < -0.4 is 5.32 Å². The summed E-state index contributed by atoms with van der Waals surface area (Å²) in [5, 5.41) is 32.7. The maximum Gasteiger partial charge on any atom is 0.261 e. The van der Waals surface area contributed by atoms with Crippen molar-refractivity contribution < 1.29 is 15.0 Å². The molecule has 0 saturated heterocycles. The van der Waals surface area contributed by atoms with Crippen molar-refractivity contribution in [1.29, 1.82) is 5.26 Å². The fourth-order valence-electron chi connectivity index (χ4n) is 3.62. The maximum absolute atomic E-state index is 12.5. The largest absolute Gasteiger partial charge is 0.504 e. The van der Waals surface area contributed by atoms with E-state index < -0.39 is 5.91 Å². The first kappa shape index (κ1) is 25.9. The van der Waals surface area contributed by atoms with Gasteiger partial charge in [0, 0.05) is 17.9 Å². The fraction of sp³-hybridized carbons (Fsp3) is 0.241. The zero-order valence-corrected chi connectivity index (χ0v) is 20.4. The third-order valence-electron chi connectivity index (χ3n) is 5.52. The molecule has 6 heteroatoms. The minimum Gasteiger partial charge on any atom is -0.504 e. The molecule has 0 unspecified atom stereocenters. The molecule has 0 bridgehead atoms. The van der Waals surface area contributed by atoms with Gasteiger partial charge in [0.2, 0.25) is 0 Å². The summed E-state index contributed by atoms with van der Waals surface area (Å²) in [6, 6.07) is 25.3. The lowest BCUT2D eigenvalue weighted by atomic mass is 10.1. The van der Waals surface area contributed by atoms with E-state index in [1.165, 1.54) is 23.3 Å². The van der Waals surface area contributed by atoms with E-state index in [1.54, 1.807) is 17.8 Å². The minimum atomic E-state index is -0.446. The summed E-state index contributed by atoms with van der Waals surface area (Å²) in [7, 11) is 0. The number of amides is 1. The van der Waals surface area contributed by atoms with Crippen LogP contribution in [0.4, 0.5) is 0 Å². The molecule has 3 N–H and O–H groups in total. The number of hydrogen-bond acceptors (Lipinski definition) is 5. The SMILES string of the molecule is N#C/C(=C/c1cc(O)c(O)c(CSCCc2ccccc2)c1)C(=O)NCCCCc1ccccc1. The molecule has 0 aliphatic heterocycles. The van der Waals surface area contributed by atoms with Crippen LogP contribution in [0.5, 0.6) is 11.5 Å². The highest BCUT2D eigenvalue weighted by Gasteiger charge is 2.12. The van der Waals surface area contributed by atoms with Crippen molar-refractivity contribution in [1.82, 2.24) is 5.32 Å². The molecule has 0 heterocycles. The second-order valence-corrected chi connectivity index (χ2v) is 9.31. The second-order valence-electron chi connectivity index (χ2n) is 8.20. The Bertz CT molecular complexity index is 1170. The summed E-state index contributed by atoms with van der Waals surface area (Å²) in [5.74, 6) is 0.481. The number of rotatable bonds is 12. The average Bonchev–Trinajstić information content (AvgIpc) is 2.88. The number of aryl methyl sites for hydroxylation is 2. The third-order valence-corrected chi connectivity index (χ3v) is 6.53. The van der Waals surface area contributed by atoms with E-state index in [0.29, 0.717) is 23.4 Å². The normalized spacial score (nSPS) is 11.1. The maximum atomic E-state index is 12.5. The molecular weight excluding hydrogens is 456 g/mol. The van der Waals surface area contributed by atoms with Gasteiger partial charge < -0.3 is 15.5 Å². The van der Waals surface area contributed by atoms with Crippen LogP contribution in [-0.2, 0) is 23.4 Å². The third kappa shape index (κ3) is 8.55. The number of carbonyl (C=O) groups is 1. The van der Waals surface area contributed by atoms with Crippen LogP contribution in [0.1, 0.15) is 35.1 Å². The van der Waals surface area contributed by atoms with E-state index in [4.69, 9.17) is 0 Å². The Morgan fingerprint density at radius 3 is 2.26 bits per heavy atom. The fourth-order valence-corrected chi connectivity index (χ4v) is 4.59. The number of nitrogens with one attached hydrogen (secondary N) is 1. The van der Waals surface area contributed by atoms with Crippen molar-refractivity contribution in [3.8, 4) is 17.6 Å². The molecule has 0 saturated carbocycles. The predicted molar refractivity (Wildman–Crippen MR) is 142 cm³/mol.